The van der Waals surface area contributed by atoms with Crippen molar-refractivity contribution in [2.75, 3.05) is 0 Å². The minimum atomic E-state index is -0.474. The van der Waals surface area contributed by atoms with Gasteiger partial charge in [-0.1, -0.05) is 12.1 Å². The lowest BCUT2D eigenvalue weighted by molar-refractivity contribution is 0.00695. The number of ether oxygens (including phenoxy) is 1. The average Bonchev–Trinajstić information content (AvgIpc) is 2.83. The third-order valence-electron chi connectivity index (χ3n) is 3.01. The van der Waals surface area contributed by atoms with Crippen molar-refractivity contribution < 1.29 is 13.9 Å². The van der Waals surface area contributed by atoms with Gasteiger partial charge in [0, 0.05) is 6.54 Å². The molecule has 0 unspecified atom stereocenters. The van der Waals surface area contributed by atoms with E-state index in [0.717, 1.165) is 17.1 Å². The molecule has 0 bridgehead atoms. The number of carbonyl (C=O) groups is 1. The number of aryl methyl sites for hydroxylation is 1. The molecule has 1 heterocycles. The number of furan rings is 1. The average molecular weight is 301 g/mol. The van der Waals surface area contributed by atoms with Crippen molar-refractivity contribution in [2.45, 2.75) is 46.4 Å². The first kappa shape index (κ1) is 16.3. The van der Waals surface area contributed by atoms with Crippen molar-refractivity contribution in [2.24, 2.45) is 0 Å². The van der Waals surface area contributed by atoms with Crippen molar-refractivity contribution >= 4 is 5.97 Å². The standard InChI is InChI=1S/C18H23NO3/c1-13-5-10-16(21-13)12-19-11-14-6-8-15(9-7-14)17(20)22-18(2,3)4/h5-10,19H,11-12H2,1-4H3. The van der Waals surface area contributed by atoms with Crippen LogP contribution >= 0.6 is 0 Å². The van der Waals surface area contributed by atoms with E-state index in [4.69, 9.17) is 9.15 Å². The third-order valence-corrected chi connectivity index (χ3v) is 3.01. The van der Waals surface area contributed by atoms with Gasteiger partial charge in [0.2, 0.25) is 0 Å². The van der Waals surface area contributed by atoms with E-state index in [1.807, 2.05) is 52.0 Å². The zero-order chi connectivity index (χ0) is 16.2. The van der Waals surface area contributed by atoms with E-state index in [1.165, 1.54) is 0 Å². The van der Waals surface area contributed by atoms with Gasteiger partial charge in [-0.25, -0.2) is 4.79 Å². The second-order valence-electron chi connectivity index (χ2n) is 6.31. The van der Waals surface area contributed by atoms with Crippen LogP contribution in [0.1, 0.15) is 48.2 Å². The minimum Gasteiger partial charge on any atom is -0.465 e. The fourth-order valence-electron chi connectivity index (χ4n) is 2.01. The lowest BCUT2D eigenvalue weighted by atomic mass is 10.1. The zero-order valence-electron chi connectivity index (χ0n) is 13.6. The normalized spacial score (nSPS) is 11.5. The topological polar surface area (TPSA) is 51.5 Å². The highest BCUT2D eigenvalue weighted by Crippen LogP contribution is 2.13. The van der Waals surface area contributed by atoms with Gasteiger partial charge in [0.1, 0.15) is 17.1 Å². The Morgan fingerprint density at radius 1 is 1.09 bits per heavy atom. The highest BCUT2D eigenvalue weighted by atomic mass is 16.6. The Morgan fingerprint density at radius 3 is 2.32 bits per heavy atom. The summed E-state index contributed by atoms with van der Waals surface area (Å²) in [4.78, 5) is 11.9. The summed E-state index contributed by atoms with van der Waals surface area (Å²) in [5, 5.41) is 3.31. The molecule has 2 aromatic rings. The Morgan fingerprint density at radius 2 is 1.77 bits per heavy atom. The van der Waals surface area contributed by atoms with Crippen LogP contribution in [0.5, 0.6) is 0 Å². The highest BCUT2D eigenvalue weighted by Gasteiger charge is 2.17. The Labute approximate surface area is 131 Å². The molecule has 0 aliphatic heterocycles. The molecule has 4 heteroatoms. The molecule has 0 aliphatic rings. The van der Waals surface area contributed by atoms with Gasteiger partial charge in [0.25, 0.3) is 0 Å². The maximum Gasteiger partial charge on any atom is 0.338 e. The number of benzene rings is 1. The molecule has 0 saturated carbocycles. The molecule has 0 atom stereocenters. The van der Waals surface area contributed by atoms with Gasteiger partial charge in [-0.2, -0.15) is 0 Å². The molecule has 0 spiro atoms. The monoisotopic (exact) mass is 301 g/mol. The van der Waals surface area contributed by atoms with Gasteiger partial charge in [-0.15, -0.1) is 0 Å². The smallest absolute Gasteiger partial charge is 0.338 e. The first-order chi connectivity index (χ1) is 10.3. The first-order valence-electron chi connectivity index (χ1n) is 7.42. The second kappa shape index (κ2) is 6.79. The van der Waals surface area contributed by atoms with E-state index in [1.54, 1.807) is 12.1 Å². The zero-order valence-corrected chi connectivity index (χ0v) is 13.6. The lowest BCUT2D eigenvalue weighted by Gasteiger charge is -2.19. The predicted molar refractivity (Wildman–Crippen MR) is 85.6 cm³/mol. The van der Waals surface area contributed by atoms with E-state index < -0.39 is 5.60 Å². The quantitative estimate of drug-likeness (QED) is 0.853. The van der Waals surface area contributed by atoms with Gasteiger partial charge in [0.15, 0.2) is 0 Å². The van der Waals surface area contributed by atoms with E-state index in [-0.39, 0.29) is 5.97 Å². The van der Waals surface area contributed by atoms with E-state index in [9.17, 15) is 4.79 Å². The number of hydrogen-bond donors (Lipinski definition) is 1. The number of hydrogen-bond acceptors (Lipinski definition) is 4. The van der Waals surface area contributed by atoms with Crippen molar-refractivity contribution in [3.8, 4) is 0 Å². The van der Waals surface area contributed by atoms with Crippen LogP contribution in [0, 0.1) is 6.92 Å². The van der Waals surface area contributed by atoms with Crippen molar-refractivity contribution in [3.63, 3.8) is 0 Å². The van der Waals surface area contributed by atoms with E-state index >= 15 is 0 Å². The molecular weight excluding hydrogens is 278 g/mol. The SMILES string of the molecule is Cc1ccc(CNCc2ccc(C(=O)OC(C)(C)C)cc2)o1. The lowest BCUT2D eigenvalue weighted by Crippen LogP contribution is -2.23. The van der Waals surface area contributed by atoms with Crippen molar-refractivity contribution in [3.05, 3.63) is 59.0 Å². The van der Waals surface area contributed by atoms with Gasteiger partial charge in [-0.05, 0) is 57.5 Å². The predicted octanol–water partition coefficient (Wildman–Crippen LogP) is 3.83. The highest BCUT2D eigenvalue weighted by molar-refractivity contribution is 5.89. The van der Waals surface area contributed by atoms with Crippen LogP contribution in [0.2, 0.25) is 0 Å². The molecule has 1 aromatic heterocycles. The van der Waals surface area contributed by atoms with Crippen LogP contribution in [0.4, 0.5) is 0 Å². The number of carbonyl (C=O) groups excluding carboxylic acids is 1. The van der Waals surface area contributed by atoms with Gasteiger partial charge in [0.05, 0.1) is 12.1 Å². The van der Waals surface area contributed by atoms with Crippen LogP contribution in [0.25, 0.3) is 0 Å². The molecule has 0 aliphatic carbocycles. The molecule has 0 fully saturated rings. The molecule has 0 saturated heterocycles. The van der Waals surface area contributed by atoms with E-state index in [2.05, 4.69) is 5.32 Å². The number of esters is 1. The maximum absolute atomic E-state index is 11.9. The molecular formula is C18H23NO3. The third kappa shape index (κ3) is 5.04. The van der Waals surface area contributed by atoms with Crippen molar-refractivity contribution in [1.82, 2.24) is 5.32 Å². The Kier molecular flexibility index (Phi) is 5.03. The summed E-state index contributed by atoms with van der Waals surface area (Å²) in [5.74, 6) is 1.54. The Hall–Kier alpha value is -2.07. The van der Waals surface area contributed by atoms with E-state index in [0.29, 0.717) is 18.7 Å². The van der Waals surface area contributed by atoms with Gasteiger partial charge >= 0.3 is 5.97 Å². The van der Waals surface area contributed by atoms with Crippen LogP contribution in [-0.2, 0) is 17.8 Å². The summed E-state index contributed by atoms with van der Waals surface area (Å²) in [6.45, 7) is 8.91. The van der Waals surface area contributed by atoms with Crippen molar-refractivity contribution in [1.29, 1.82) is 0 Å². The van der Waals surface area contributed by atoms with Gasteiger partial charge in [-0.3, -0.25) is 0 Å². The summed E-state index contributed by atoms with van der Waals surface area (Å²) >= 11 is 0. The fraction of sp³-hybridized carbons (Fsp3) is 0.389. The molecule has 22 heavy (non-hydrogen) atoms. The molecule has 1 aromatic carbocycles. The summed E-state index contributed by atoms with van der Waals surface area (Å²) < 4.78 is 10.8. The molecule has 0 radical (unpaired) electrons. The summed E-state index contributed by atoms with van der Waals surface area (Å²) in [6, 6.07) is 11.4. The largest absolute Gasteiger partial charge is 0.465 e. The Bertz CT molecular complexity index is 621. The number of rotatable bonds is 5. The molecule has 1 N–H and O–H groups in total. The summed E-state index contributed by atoms with van der Waals surface area (Å²) in [5.41, 5.74) is 1.20. The first-order valence-corrected chi connectivity index (χ1v) is 7.42. The van der Waals surface area contributed by atoms with Crippen LogP contribution < -0.4 is 5.32 Å². The van der Waals surface area contributed by atoms with Gasteiger partial charge < -0.3 is 14.5 Å². The summed E-state index contributed by atoms with van der Waals surface area (Å²) in [7, 11) is 0. The second-order valence-corrected chi connectivity index (χ2v) is 6.31. The maximum atomic E-state index is 11.9. The number of nitrogens with one attached hydrogen (secondary N) is 1. The minimum absolute atomic E-state index is 0.293. The van der Waals surface area contributed by atoms with Crippen LogP contribution in [0.3, 0.4) is 0 Å². The molecule has 2 rings (SSSR count). The van der Waals surface area contributed by atoms with Crippen LogP contribution in [0.15, 0.2) is 40.8 Å². The molecule has 0 amide bonds. The fourth-order valence-corrected chi connectivity index (χ4v) is 2.01. The molecule has 118 valence electrons. The Balaban J connectivity index is 1.85. The molecule has 4 nitrogen and oxygen atoms in total. The van der Waals surface area contributed by atoms with Crippen LogP contribution in [-0.4, -0.2) is 11.6 Å². The summed E-state index contributed by atoms with van der Waals surface area (Å²) in [6.07, 6.45) is 0.